The minimum absolute atomic E-state index is 0.0232. The molecule has 2 aromatic rings. The van der Waals surface area contributed by atoms with Gasteiger partial charge in [0.25, 0.3) is 0 Å². The number of amides is 1. The molecule has 0 radical (unpaired) electrons. The molecule has 0 spiro atoms. The van der Waals surface area contributed by atoms with Gasteiger partial charge in [0.05, 0.1) is 23.9 Å². The first kappa shape index (κ1) is 21.4. The molecule has 0 unspecified atom stereocenters. The topological polar surface area (TPSA) is 86.8 Å². The summed E-state index contributed by atoms with van der Waals surface area (Å²) in [5.74, 6) is 3.27. The lowest BCUT2D eigenvalue weighted by molar-refractivity contribution is 0.0636. The maximum atomic E-state index is 12.1. The van der Waals surface area contributed by atoms with Crippen LogP contribution in [0.5, 0.6) is 17.4 Å². The molecule has 7 nitrogen and oxygen atoms in total. The number of nitrogens with one attached hydrogen (secondary N) is 1. The van der Waals surface area contributed by atoms with E-state index in [1.807, 2.05) is 5.94 Å². The minimum atomic E-state index is -0.622. The molecule has 30 heavy (non-hydrogen) atoms. The number of pyridine rings is 1. The highest BCUT2D eigenvalue weighted by atomic mass is 16.6. The smallest absolute Gasteiger partial charge is 0.412 e. The number of anilines is 1. The SMILES string of the molecule is CC(C)(C)COc1cnc2c(c1)C(=C=O)c1cc(NC(=O)OC(C)(C)C)ccc1O2. The summed E-state index contributed by atoms with van der Waals surface area (Å²) in [7, 11) is 0. The van der Waals surface area contributed by atoms with Crippen molar-refractivity contribution in [3.8, 4) is 17.4 Å². The van der Waals surface area contributed by atoms with Crippen LogP contribution in [0.15, 0.2) is 30.5 Å². The van der Waals surface area contributed by atoms with Gasteiger partial charge in [-0.15, -0.1) is 0 Å². The second-order valence-electron chi connectivity index (χ2n) is 9.29. The molecule has 0 fully saturated rings. The zero-order valence-corrected chi connectivity index (χ0v) is 18.1. The van der Waals surface area contributed by atoms with Crippen LogP contribution < -0.4 is 14.8 Å². The van der Waals surface area contributed by atoms with Gasteiger partial charge in [0, 0.05) is 11.3 Å². The molecule has 1 amide bonds. The predicted molar refractivity (Wildman–Crippen MR) is 114 cm³/mol. The molecule has 0 aliphatic carbocycles. The number of rotatable bonds is 3. The molecule has 3 rings (SSSR count). The quantitative estimate of drug-likeness (QED) is 0.596. The van der Waals surface area contributed by atoms with Crippen molar-refractivity contribution in [1.82, 2.24) is 4.98 Å². The van der Waals surface area contributed by atoms with Crippen LogP contribution in [0, 0.1) is 5.41 Å². The van der Waals surface area contributed by atoms with Crippen LogP contribution >= 0.6 is 0 Å². The first-order chi connectivity index (χ1) is 13.9. The van der Waals surface area contributed by atoms with E-state index in [9.17, 15) is 9.59 Å². The highest BCUT2D eigenvalue weighted by Gasteiger charge is 2.26. The molecule has 158 valence electrons. The van der Waals surface area contributed by atoms with Crippen molar-refractivity contribution >= 4 is 23.3 Å². The summed E-state index contributed by atoms with van der Waals surface area (Å²) < 4.78 is 16.9. The van der Waals surface area contributed by atoms with E-state index in [4.69, 9.17) is 14.2 Å². The molecule has 0 saturated carbocycles. The van der Waals surface area contributed by atoms with Gasteiger partial charge in [0.1, 0.15) is 23.0 Å². The number of aromatic nitrogens is 1. The Morgan fingerprint density at radius 1 is 1.13 bits per heavy atom. The van der Waals surface area contributed by atoms with Gasteiger partial charge in [-0.25, -0.2) is 14.6 Å². The number of carbonyl (C=O) groups excluding carboxylic acids is 2. The molecule has 0 bridgehead atoms. The van der Waals surface area contributed by atoms with Gasteiger partial charge in [-0.1, -0.05) is 20.8 Å². The highest BCUT2D eigenvalue weighted by Crippen LogP contribution is 2.43. The fourth-order valence-electron chi connectivity index (χ4n) is 2.75. The summed E-state index contributed by atoms with van der Waals surface area (Å²) in [6.45, 7) is 12.0. The van der Waals surface area contributed by atoms with Crippen molar-refractivity contribution < 1.29 is 23.8 Å². The summed E-state index contributed by atoms with van der Waals surface area (Å²) >= 11 is 0. The van der Waals surface area contributed by atoms with E-state index in [2.05, 4.69) is 31.1 Å². The van der Waals surface area contributed by atoms with Gasteiger partial charge in [-0.3, -0.25) is 5.32 Å². The molecular weight excluding hydrogens is 384 g/mol. The molecule has 2 heterocycles. The maximum absolute atomic E-state index is 12.1. The van der Waals surface area contributed by atoms with Gasteiger partial charge in [0.15, 0.2) is 0 Å². The number of carbonyl (C=O) groups is 1. The molecule has 1 aliphatic rings. The molecular formula is C23H26N2O5. The fourth-order valence-corrected chi connectivity index (χ4v) is 2.75. The Bertz CT molecular complexity index is 1020. The number of nitrogens with zero attached hydrogens (tertiary/aromatic N) is 1. The second-order valence-corrected chi connectivity index (χ2v) is 9.29. The number of benzene rings is 1. The highest BCUT2D eigenvalue weighted by molar-refractivity contribution is 6.02. The van der Waals surface area contributed by atoms with Crippen molar-refractivity contribution in [3.05, 3.63) is 41.6 Å². The predicted octanol–water partition coefficient (Wildman–Crippen LogP) is 5.22. The van der Waals surface area contributed by atoms with Crippen LogP contribution in [0.25, 0.3) is 5.57 Å². The number of hydrogen-bond donors (Lipinski definition) is 1. The lowest BCUT2D eigenvalue weighted by Crippen LogP contribution is -2.27. The van der Waals surface area contributed by atoms with Crippen LogP contribution in [0.3, 0.4) is 0 Å². The van der Waals surface area contributed by atoms with Crippen LogP contribution in [-0.2, 0) is 9.53 Å². The van der Waals surface area contributed by atoms with Crippen LogP contribution in [0.1, 0.15) is 52.7 Å². The average Bonchev–Trinajstić information content (AvgIpc) is 2.62. The molecule has 1 N–H and O–H groups in total. The minimum Gasteiger partial charge on any atom is -0.491 e. The van der Waals surface area contributed by atoms with Crippen molar-refractivity contribution in [2.24, 2.45) is 5.41 Å². The Morgan fingerprint density at radius 2 is 1.87 bits per heavy atom. The van der Waals surface area contributed by atoms with E-state index < -0.39 is 11.7 Å². The van der Waals surface area contributed by atoms with E-state index in [-0.39, 0.29) is 11.0 Å². The summed E-state index contributed by atoms with van der Waals surface area (Å²) in [5.41, 5.74) is 1.09. The van der Waals surface area contributed by atoms with E-state index in [0.717, 1.165) is 0 Å². The van der Waals surface area contributed by atoms with Gasteiger partial charge in [0.2, 0.25) is 5.88 Å². The Morgan fingerprint density at radius 3 is 2.50 bits per heavy atom. The Balaban J connectivity index is 1.88. The van der Waals surface area contributed by atoms with Crippen molar-refractivity contribution in [2.75, 3.05) is 11.9 Å². The summed E-state index contributed by atoms with van der Waals surface area (Å²) in [4.78, 5) is 28.2. The van der Waals surface area contributed by atoms with Gasteiger partial charge < -0.3 is 14.2 Å². The second kappa shape index (κ2) is 7.84. The van der Waals surface area contributed by atoms with Gasteiger partial charge in [-0.2, -0.15) is 0 Å². The summed E-state index contributed by atoms with van der Waals surface area (Å²) in [6.07, 6.45) is 0.979. The number of hydrogen-bond acceptors (Lipinski definition) is 6. The van der Waals surface area contributed by atoms with E-state index in [1.165, 1.54) is 0 Å². The summed E-state index contributed by atoms with van der Waals surface area (Å²) in [5, 5.41) is 2.67. The third-order valence-electron chi connectivity index (χ3n) is 3.97. The van der Waals surface area contributed by atoms with Crippen LogP contribution in [-0.4, -0.2) is 29.2 Å². The average molecular weight is 410 g/mol. The van der Waals surface area contributed by atoms with Crippen LogP contribution in [0.4, 0.5) is 10.5 Å². The Labute approximate surface area is 176 Å². The van der Waals surface area contributed by atoms with E-state index in [0.29, 0.717) is 40.8 Å². The molecule has 1 aromatic carbocycles. The van der Waals surface area contributed by atoms with Crippen molar-refractivity contribution in [2.45, 2.75) is 47.1 Å². The molecule has 7 heteroatoms. The fraction of sp³-hybridized carbons (Fsp3) is 0.391. The third kappa shape index (κ3) is 5.19. The van der Waals surface area contributed by atoms with E-state index in [1.54, 1.807) is 51.2 Å². The number of fused-ring (bicyclic) bond motifs is 2. The zero-order valence-electron chi connectivity index (χ0n) is 18.1. The molecule has 0 saturated heterocycles. The molecule has 1 aromatic heterocycles. The van der Waals surface area contributed by atoms with Crippen molar-refractivity contribution in [1.29, 1.82) is 0 Å². The standard InChI is InChI=1S/C23H26N2O5/c1-22(2,3)13-28-15-10-17-18(12-26)16-9-14(25-21(27)30-23(4,5)6)7-8-19(16)29-20(17)24-11-15/h7-11H,13H2,1-6H3,(H,25,27). The Kier molecular flexibility index (Phi) is 5.59. The van der Waals surface area contributed by atoms with Gasteiger partial charge >= 0.3 is 6.09 Å². The molecule has 1 aliphatic heterocycles. The third-order valence-corrected chi connectivity index (χ3v) is 3.97. The first-order valence-electron chi connectivity index (χ1n) is 9.66. The van der Waals surface area contributed by atoms with Crippen LogP contribution in [0.2, 0.25) is 0 Å². The zero-order chi connectivity index (χ0) is 22.1. The van der Waals surface area contributed by atoms with E-state index >= 15 is 0 Å². The largest absolute Gasteiger partial charge is 0.491 e. The first-order valence-corrected chi connectivity index (χ1v) is 9.66. The number of ether oxygens (including phenoxy) is 3. The maximum Gasteiger partial charge on any atom is 0.412 e. The molecule has 0 atom stereocenters. The lowest BCUT2D eigenvalue weighted by Gasteiger charge is -2.23. The lowest BCUT2D eigenvalue weighted by atomic mass is 9.96. The Hall–Kier alpha value is -3.31. The van der Waals surface area contributed by atoms with Crippen molar-refractivity contribution in [3.63, 3.8) is 0 Å². The summed E-state index contributed by atoms with van der Waals surface area (Å²) in [6, 6.07) is 6.68. The van der Waals surface area contributed by atoms with Gasteiger partial charge in [-0.05, 0) is 50.5 Å². The monoisotopic (exact) mass is 410 g/mol. The normalized spacial score (nSPS) is 12.8.